The molecule has 25 heavy (non-hydrogen) atoms. The van der Waals surface area contributed by atoms with Crippen LogP contribution in [-0.4, -0.2) is 11.8 Å². The summed E-state index contributed by atoms with van der Waals surface area (Å²) in [5.74, 6) is -0.611. The maximum atomic E-state index is 12.7. The zero-order valence-corrected chi connectivity index (χ0v) is 14.2. The second-order valence-corrected chi connectivity index (χ2v) is 6.43. The Bertz CT molecular complexity index is 892. The first kappa shape index (κ1) is 16.7. The number of nitrogens with one attached hydrogen (secondary N) is 2. The number of nitrogens with zero attached hydrogens (tertiary/aromatic N) is 1. The molecule has 2 aromatic carbocycles. The molecule has 3 rings (SSSR count). The van der Waals surface area contributed by atoms with E-state index in [9.17, 15) is 9.59 Å². The Balaban J connectivity index is 1.75. The van der Waals surface area contributed by atoms with Crippen molar-refractivity contribution in [1.82, 2.24) is 0 Å². The minimum Gasteiger partial charge on any atom is -0.325 e. The van der Waals surface area contributed by atoms with Gasteiger partial charge in [0.25, 0.3) is 0 Å². The van der Waals surface area contributed by atoms with Gasteiger partial charge in [-0.3, -0.25) is 9.59 Å². The quantitative estimate of drug-likeness (QED) is 0.840. The highest BCUT2D eigenvalue weighted by Crippen LogP contribution is 2.47. The number of nitriles is 1. The van der Waals surface area contributed by atoms with E-state index in [0.717, 1.165) is 16.8 Å². The smallest absolute Gasteiger partial charge is 0.240 e. The number of hydrogen-bond donors (Lipinski definition) is 2. The van der Waals surface area contributed by atoms with Gasteiger partial charge in [-0.25, -0.2) is 0 Å². The van der Waals surface area contributed by atoms with Gasteiger partial charge in [-0.15, -0.1) is 0 Å². The highest BCUT2D eigenvalue weighted by Gasteiger charge is 2.56. The van der Waals surface area contributed by atoms with Crippen LogP contribution in [0.2, 0.25) is 0 Å². The molecular formula is C20H19N3O2. The fourth-order valence-corrected chi connectivity index (χ4v) is 2.73. The van der Waals surface area contributed by atoms with Crippen LogP contribution >= 0.6 is 0 Å². The van der Waals surface area contributed by atoms with E-state index in [1.807, 2.05) is 38.1 Å². The summed E-state index contributed by atoms with van der Waals surface area (Å²) in [5.41, 5.74) is 2.76. The molecule has 0 saturated heterocycles. The highest BCUT2D eigenvalue weighted by atomic mass is 16.2. The Hall–Kier alpha value is -3.13. The number of hydrogen-bond acceptors (Lipinski definition) is 3. The number of carbonyl (C=O) groups is 2. The molecule has 0 heterocycles. The SMILES string of the molecule is Cc1cccc(NC(=O)C2(C(=O)Nc3cccc(C#N)c3)CC2)c1C. The molecule has 0 atom stereocenters. The van der Waals surface area contributed by atoms with Gasteiger partial charge in [0.15, 0.2) is 0 Å². The van der Waals surface area contributed by atoms with Crippen LogP contribution in [0.25, 0.3) is 0 Å². The van der Waals surface area contributed by atoms with E-state index in [1.54, 1.807) is 24.3 Å². The van der Waals surface area contributed by atoms with Crippen LogP contribution in [0, 0.1) is 30.6 Å². The molecule has 126 valence electrons. The van der Waals surface area contributed by atoms with Crippen molar-refractivity contribution in [3.05, 3.63) is 59.2 Å². The van der Waals surface area contributed by atoms with Crippen molar-refractivity contribution in [2.75, 3.05) is 10.6 Å². The summed E-state index contributed by atoms with van der Waals surface area (Å²) < 4.78 is 0. The van der Waals surface area contributed by atoms with Crippen molar-refractivity contribution in [2.45, 2.75) is 26.7 Å². The third-order valence-corrected chi connectivity index (χ3v) is 4.72. The molecule has 0 unspecified atom stereocenters. The third kappa shape index (κ3) is 3.24. The Morgan fingerprint density at radius 2 is 1.72 bits per heavy atom. The molecule has 0 spiro atoms. The molecule has 0 aliphatic heterocycles. The lowest BCUT2D eigenvalue weighted by atomic mass is 10.0. The van der Waals surface area contributed by atoms with E-state index in [0.29, 0.717) is 24.1 Å². The Kier molecular flexibility index (Phi) is 4.28. The van der Waals surface area contributed by atoms with Crippen molar-refractivity contribution < 1.29 is 9.59 Å². The first-order valence-corrected chi connectivity index (χ1v) is 8.15. The molecule has 1 fully saturated rings. The standard InChI is InChI=1S/C20H19N3O2/c1-13-5-3-8-17(14(13)2)23-19(25)20(9-10-20)18(24)22-16-7-4-6-15(11-16)12-21/h3-8,11H,9-10H2,1-2H3,(H,22,24)(H,23,25). The molecule has 1 saturated carbocycles. The van der Waals surface area contributed by atoms with Crippen LogP contribution in [0.4, 0.5) is 11.4 Å². The molecule has 1 aliphatic rings. The largest absolute Gasteiger partial charge is 0.325 e. The van der Waals surface area contributed by atoms with Gasteiger partial charge in [-0.2, -0.15) is 5.26 Å². The summed E-state index contributed by atoms with van der Waals surface area (Å²) in [5, 5.41) is 14.6. The molecule has 0 aromatic heterocycles. The summed E-state index contributed by atoms with van der Waals surface area (Å²) in [7, 11) is 0. The van der Waals surface area contributed by atoms with Crippen LogP contribution < -0.4 is 10.6 Å². The van der Waals surface area contributed by atoms with E-state index < -0.39 is 5.41 Å². The third-order valence-electron chi connectivity index (χ3n) is 4.72. The number of aryl methyl sites for hydroxylation is 1. The van der Waals surface area contributed by atoms with Crippen LogP contribution in [0.1, 0.15) is 29.5 Å². The second-order valence-electron chi connectivity index (χ2n) is 6.43. The van der Waals surface area contributed by atoms with E-state index in [1.165, 1.54) is 0 Å². The van der Waals surface area contributed by atoms with Crippen molar-refractivity contribution >= 4 is 23.2 Å². The molecule has 0 radical (unpaired) electrons. The number of carbonyl (C=O) groups excluding carboxylic acids is 2. The first-order chi connectivity index (χ1) is 12.0. The minimum atomic E-state index is -1.03. The lowest BCUT2D eigenvalue weighted by Gasteiger charge is -2.17. The zero-order valence-electron chi connectivity index (χ0n) is 14.2. The number of anilines is 2. The molecule has 0 bridgehead atoms. The average Bonchev–Trinajstić information content (AvgIpc) is 3.41. The summed E-state index contributed by atoms with van der Waals surface area (Å²) >= 11 is 0. The summed E-state index contributed by atoms with van der Waals surface area (Å²) in [6.45, 7) is 3.92. The molecule has 5 nitrogen and oxygen atoms in total. The van der Waals surface area contributed by atoms with Crippen LogP contribution in [0.5, 0.6) is 0 Å². The van der Waals surface area contributed by atoms with E-state index in [4.69, 9.17) is 5.26 Å². The van der Waals surface area contributed by atoms with Gasteiger partial charge in [0, 0.05) is 11.4 Å². The normalized spacial score (nSPS) is 14.3. The van der Waals surface area contributed by atoms with Gasteiger partial charge >= 0.3 is 0 Å². The van der Waals surface area contributed by atoms with Crippen molar-refractivity contribution in [3.8, 4) is 6.07 Å². The molecule has 2 amide bonds. The second kappa shape index (κ2) is 6.40. The fraction of sp³-hybridized carbons (Fsp3) is 0.250. The predicted molar refractivity (Wildman–Crippen MR) is 96.0 cm³/mol. The van der Waals surface area contributed by atoms with Crippen LogP contribution in [0.15, 0.2) is 42.5 Å². The molecule has 2 aromatic rings. The van der Waals surface area contributed by atoms with Crippen molar-refractivity contribution in [3.63, 3.8) is 0 Å². The van der Waals surface area contributed by atoms with Crippen molar-refractivity contribution in [2.24, 2.45) is 5.41 Å². The van der Waals surface area contributed by atoms with Gasteiger partial charge in [0.05, 0.1) is 11.6 Å². The molecule has 2 N–H and O–H groups in total. The van der Waals surface area contributed by atoms with Crippen LogP contribution in [0.3, 0.4) is 0 Å². The van der Waals surface area contributed by atoms with E-state index in [-0.39, 0.29) is 11.8 Å². The Morgan fingerprint density at radius 3 is 2.40 bits per heavy atom. The highest BCUT2D eigenvalue weighted by molar-refractivity contribution is 6.17. The fourth-order valence-electron chi connectivity index (χ4n) is 2.73. The first-order valence-electron chi connectivity index (χ1n) is 8.15. The topological polar surface area (TPSA) is 82.0 Å². The number of benzene rings is 2. The molecule has 5 heteroatoms. The Morgan fingerprint density at radius 1 is 1.04 bits per heavy atom. The zero-order chi connectivity index (χ0) is 18.0. The van der Waals surface area contributed by atoms with Gasteiger partial charge < -0.3 is 10.6 Å². The average molecular weight is 333 g/mol. The monoisotopic (exact) mass is 333 g/mol. The lowest BCUT2D eigenvalue weighted by molar-refractivity contribution is -0.131. The van der Waals surface area contributed by atoms with Gasteiger partial charge in [-0.05, 0) is 62.1 Å². The van der Waals surface area contributed by atoms with E-state index >= 15 is 0 Å². The molecular weight excluding hydrogens is 314 g/mol. The van der Waals surface area contributed by atoms with Gasteiger partial charge in [0.2, 0.25) is 11.8 Å². The summed E-state index contributed by atoms with van der Waals surface area (Å²) in [6, 6.07) is 14.4. The van der Waals surface area contributed by atoms with E-state index in [2.05, 4.69) is 10.6 Å². The maximum Gasteiger partial charge on any atom is 0.240 e. The molecule has 1 aliphatic carbocycles. The predicted octanol–water partition coefficient (Wildman–Crippen LogP) is 3.53. The number of amides is 2. The van der Waals surface area contributed by atoms with Crippen molar-refractivity contribution in [1.29, 1.82) is 5.26 Å². The number of rotatable bonds is 4. The maximum absolute atomic E-state index is 12.7. The summed E-state index contributed by atoms with van der Waals surface area (Å²) in [6.07, 6.45) is 1.04. The van der Waals surface area contributed by atoms with Gasteiger partial charge in [0.1, 0.15) is 5.41 Å². The Labute approximate surface area is 146 Å². The minimum absolute atomic E-state index is 0.282. The van der Waals surface area contributed by atoms with Crippen LogP contribution in [-0.2, 0) is 9.59 Å². The van der Waals surface area contributed by atoms with Gasteiger partial charge in [-0.1, -0.05) is 18.2 Å². The summed E-state index contributed by atoms with van der Waals surface area (Å²) in [4.78, 5) is 25.3. The lowest BCUT2D eigenvalue weighted by Crippen LogP contribution is -2.35.